The number of halogens is 1. The van der Waals surface area contributed by atoms with Gasteiger partial charge in [-0.1, -0.05) is 28.1 Å². The van der Waals surface area contributed by atoms with Crippen molar-refractivity contribution in [2.45, 2.75) is 32.7 Å². The number of ether oxygens (including phenoxy) is 1. The van der Waals surface area contributed by atoms with Crippen LogP contribution in [0.4, 0.5) is 0 Å². The Morgan fingerprint density at radius 3 is 2.85 bits per heavy atom. The van der Waals surface area contributed by atoms with E-state index in [9.17, 15) is 4.79 Å². The number of carbonyl (C=O) groups excluding carboxylic acids is 1. The molecule has 0 saturated carbocycles. The fourth-order valence-electron chi connectivity index (χ4n) is 2.55. The van der Waals surface area contributed by atoms with E-state index in [4.69, 9.17) is 9.15 Å². The van der Waals surface area contributed by atoms with E-state index in [0.717, 1.165) is 34.5 Å². The zero-order valence-electron chi connectivity index (χ0n) is 14.5. The number of rotatable bonds is 8. The van der Waals surface area contributed by atoms with Crippen molar-refractivity contribution < 1.29 is 13.9 Å². The Morgan fingerprint density at radius 1 is 1.31 bits per heavy atom. The molecule has 0 aliphatic carbocycles. The maximum absolute atomic E-state index is 11.9. The van der Waals surface area contributed by atoms with E-state index in [1.54, 1.807) is 6.20 Å². The summed E-state index contributed by atoms with van der Waals surface area (Å²) >= 11 is 3.42. The molecule has 1 aromatic carbocycles. The lowest BCUT2D eigenvalue weighted by molar-refractivity contribution is -0.143. The first-order valence-electron chi connectivity index (χ1n) is 8.47. The van der Waals surface area contributed by atoms with Crippen molar-refractivity contribution in [2.24, 2.45) is 0 Å². The Morgan fingerprint density at radius 2 is 2.12 bits per heavy atom. The van der Waals surface area contributed by atoms with Crippen LogP contribution in [0, 0.1) is 6.92 Å². The fourth-order valence-corrected chi connectivity index (χ4v) is 2.82. The molecule has 0 unspecified atom stereocenters. The van der Waals surface area contributed by atoms with Gasteiger partial charge in [-0.2, -0.15) is 5.10 Å². The van der Waals surface area contributed by atoms with Crippen molar-refractivity contribution in [1.82, 2.24) is 14.8 Å². The smallest absolute Gasteiger partial charge is 0.306 e. The maximum atomic E-state index is 11.9. The van der Waals surface area contributed by atoms with Crippen molar-refractivity contribution in [1.29, 1.82) is 0 Å². The van der Waals surface area contributed by atoms with Crippen LogP contribution in [-0.2, 0) is 22.5 Å². The summed E-state index contributed by atoms with van der Waals surface area (Å²) in [5.41, 5.74) is 1.78. The topological polar surface area (TPSA) is 70.2 Å². The Bertz CT molecular complexity index is 842. The van der Waals surface area contributed by atoms with E-state index < -0.39 is 0 Å². The summed E-state index contributed by atoms with van der Waals surface area (Å²) in [6, 6.07) is 9.71. The zero-order chi connectivity index (χ0) is 18.4. The van der Waals surface area contributed by atoms with Crippen molar-refractivity contribution in [3.63, 3.8) is 0 Å². The van der Waals surface area contributed by atoms with Gasteiger partial charge in [-0.25, -0.2) is 4.98 Å². The van der Waals surface area contributed by atoms with Gasteiger partial charge in [0, 0.05) is 41.8 Å². The van der Waals surface area contributed by atoms with Gasteiger partial charge in [0.2, 0.25) is 0 Å². The van der Waals surface area contributed by atoms with Crippen LogP contribution in [0.1, 0.15) is 24.4 Å². The minimum atomic E-state index is -0.244. The summed E-state index contributed by atoms with van der Waals surface area (Å²) in [5, 5.41) is 4.10. The number of nitrogens with zero attached hydrogens (tertiary/aromatic N) is 3. The summed E-state index contributed by atoms with van der Waals surface area (Å²) in [5.74, 6) is 1.04. The summed E-state index contributed by atoms with van der Waals surface area (Å²) in [6.45, 7) is 3.02. The fraction of sp³-hybridized carbons (Fsp3) is 0.316. The molecule has 0 aliphatic heterocycles. The first-order chi connectivity index (χ1) is 12.6. The van der Waals surface area contributed by atoms with Crippen LogP contribution >= 0.6 is 15.9 Å². The average Bonchev–Trinajstić information content (AvgIpc) is 3.27. The molecule has 136 valence electrons. The molecular weight excluding hydrogens is 398 g/mol. The lowest BCUT2D eigenvalue weighted by atomic mass is 10.1. The van der Waals surface area contributed by atoms with Gasteiger partial charge in [-0.3, -0.25) is 9.48 Å². The van der Waals surface area contributed by atoms with E-state index in [0.29, 0.717) is 18.9 Å². The molecule has 0 aliphatic rings. The average molecular weight is 418 g/mol. The predicted octanol–water partition coefficient (Wildman–Crippen LogP) is 4.18. The number of benzene rings is 1. The van der Waals surface area contributed by atoms with Crippen molar-refractivity contribution in [3.05, 3.63) is 58.8 Å². The van der Waals surface area contributed by atoms with E-state index in [-0.39, 0.29) is 12.4 Å². The number of aryl methyl sites for hydroxylation is 3. The number of carbonyl (C=O) groups is 1. The quantitative estimate of drug-likeness (QED) is 0.406. The van der Waals surface area contributed by atoms with Gasteiger partial charge in [0.05, 0.1) is 18.7 Å². The Kier molecular flexibility index (Phi) is 6.22. The lowest BCUT2D eigenvalue weighted by Gasteiger charge is -2.04. The molecule has 0 saturated heterocycles. The van der Waals surface area contributed by atoms with Crippen LogP contribution in [-0.4, -0.2) is 27.3 Å². The molecule has 2 heterocycles. The molecule has 26 heavy (non-hydrogen) atoms. The largest absolute Gasteiger partial charge is 0.466 e. The number of esters is 1. The molecule has 0 atom stereocenters. The third-order valence-electron chi connectivity index (χ3n) is 3.84. The molecule has 7 heteroatoms. The Balaban J connectivity index is 1.45. The van der Waals surface area contributed by atoms with Gasteiger partial charge in [0.1, 0.15) is 0 Å². The lowest BCUT2D eigenvalue weighted by Crippen LogP contribution is -2.09. The van der Waals surface area contributed by atoms with Crippen LogP contribution in [0.25, 0.3) is 11.3 Å². The first kappa shape index (κ1) is 18.4. The molecule has 0 spiro atoms. The van der Waals surface area contributed by atoms with Crippen molar-refractivity contribution >= 4 is 21.9 Å². The third kappa shape index (κ3) is 5.05. The summed E-state index contributed by atoms with van der Waals surface area (Å²) in [4.78, 5) is 16.3. The number of aromatic nitrogens is 3. The zero-order valence-corrected chi connectivity index (χ0v) is 16.1. The second kappa shape index (κ2) is 8.80. The number of hydrogen-bond acceptors (Lipinski definition) is 5. The van der Waals surface area contributed by atoms with Gasteiger partial charge in [-0.05, 0) is 25.1 Å². The molecule has 0 amide bonds. The molecular formula is C19H20BrN3O3. The highest BCUT2D eigenvalue weighted by Crippen LogP contribution is 2.26. The number of oxazole rings is 1. The molecule has 3 aromatic rings. The van der Waals surface area contributed by atoms with Crippen LogP contribution in [0.3, 0.4) is 0 Å². The van der Waals surface area contributed by atoms with Gasteiger partial charge < -0.3 is 9.15 Å². The third-order valence-corrected chi connectivity index (χ3v) is 4.37. The second-order valence-corrected chi connectivity index (χ2v) is 6.79. The molecule has 6 nitrogen and oxygen atoms in total. The highest BCUT2D eigenvalue weighted by atomic mass is 79.9. The van der Waals surface area contributed by atoms with Crippen LogP contribution in [0.5, 0.6) is 0 Å². The highest BCUT2D eigenvalue weighted by Gasteiger charge is 2.13. The normalized spacial score (nSPS) is 10.8. The van der Waals surface area contributed by atoms with Crippen LogP contribution < -0.4 is 0 Å². The van der Waals surface area contributed by atoms with Crippen LogP contribution in [0.15, 0.2) is 51.6 Å². The van der Waals surface area contributed by atoms with Crippen molar-refractivity contribution in [3.8, 4) is 11.3 Å². The second-order valence-electron chi connectivity index (χ2n) is 5.87. The first-order valence-corrected chi connectivity index (χ1v) is 9.26. The SMILES string of the molecule is Cc1nc(CCC(=O)OCCCn2cccn2)oc1-c1ccc(Br)cc1. The van der Waals surface area contributed by atoms with Gasteiger partial charge in [-0.15, -0.1) is 0 Å². The minimum absolute atomic E-state index is 0.244. The molecule has 0 bridgehead atoms. The standard InChI is InChI=1S/C19H20BrN3O3/c1-14-19(15-4-6-16(20)7-5-15)26-17(22-14)8-9-18(24)25-13-3-12-23-11-2-10-21-23/h2,4-7,10-11H,3,8-9,12-13H2,1H3. The van der Waals surface area contributed by atoms with E-state index >= 15 is 0 Å². The van der Waals surface area contributed by atoms with Gasteiger partial charge in [0.15, 0.2) is 11.7 Å². The summed E-state index contributed by atoms with van der Waals surface area (Å²) in [7, 11) is 0. The highest BCUT2D eigenvalue weighted by molar-refractivity contribution is 9.10. The molecule has 0 fully saturated rings. The molecule has 3 rings (SSSR count). The molecule has 2 aromatic heterocycles. The van der Waals surface area contributed by atoms with Gasteiger partial charge in [0.25, 0.3) is 0 Å². The Labute approximate surface area is 160 Å². The van der Waals surface area contributed by atoms with E-state index in [2.05, 4.69) is 26.0 Å². The van der Waals surface area contributed by atoms with E-state index in [1.807, 2.05) is 48.1 Å². The maximum Gasteiger partial charge on any atom is 0.306 e. The monoisotopic (exact) mass is 417 g/mol. The van der Waals surface area contributed by atoms with Gasteiger partial charge >= 0.3 is 5.97 Å². The number of hydrogen-bond donors (Lipinski definition) is 0. The van der Waals surface area contributed by atoms with E-state index in [1.165, 1.54) is 0 Å². The molecule has 0 N–H and O–H groups in total. The summed E-state index contributed by atoms with van der Waals surface area (Å²) < 4.78 is 13.9. The predicted molar refractivity (Wildman–Crippen MR) is 101 cm³/mol. The molecule has 0 radical (unpaired) electrons. The Hall–Kier alpha value is -2.41. The summed E-state index contributed by atoms with van der Waals surface area (Å²) in [6.07, 6.45) is 5.03. The van der Waals surface area contributed by atoms with Crippen LogP contribution in [0.2, 0.25) is 0 Å². The minimum Gasteiger partial charge on any atom is -0.466 e. The van der Waals surface area contributed by atoms with Crippen molar-refractivity contribution in [2.75, 3.05) is 6.61 Å².